The van der Waals surface area contributed by atoms with Crippen LogP contribution in [0.5, 0.6) is 0 Å². The number of carboxylic acid groups (broad SMARTS) is 1. The molecule has 0 saturated carbocycles. The van der Waals surface area contributed by atoms with Gasteiger partial charge in [0.25, 0.3) is 0 Å². The van der Waals surface area contributed by atoms with Gasteiger partial charge in [-0.1, -0.05) is 23.7 Å². The van der Waals surface area contributed by atoms with Gasteiger partial charge in [-0.15, -0.1) is 0 Å². The molecule has 2 aromatic carbocycles. The van der Waals surface area contributed by atoms with Crippen molar-refractivity contribution in [3.8, 4) is 0 Å². The molecule has 5 heteroatoms. The molecule has 0 saturated heterocycles. The van der Waals surface area contributed by atoms with Crippen LogP contribution in [0.15, 0.2) is 36.4 Å². The van der Waals surface area contributed by atoms with Crippen molar-refractivity contribution >= 4 is 23.3 Å². The Morgan fingerprint density at radius 1 is 1.30 bits per heavy atom. The van der Waals surface area contributed by atoms with Crippen molar-refractivity contribution in [2.45, 2.75) is 13.5 Å². The molecule has 2 aromatic rings. The van der Waals surface area contributed by atoms with E-state index in [-0.39, 0.29) is 5.56 Å². The first-order valence-electron chi connectivity index (χ1n) is 5.99. The van der Waals surface area contributed by atoms with Gasteiger partial charge in [-0.05, 0) is 42.3 Å². The molecule has 0 aliphatic heterocycles. The maximum absolute atomic E-state index is 13.3. The Bertz CT molecular complexity index is 658. The summed E-state index contributed by atoms with van der Waals surface area (Å²) in [5.74, 6) is -2.04. The van der Waals surface area contributed by atoms with Crippen molar-refractivity contribution in [2.24, 2.45) is 0 Å². The summed E-state index contributed by atoms with van der Waals surface area (Å²) in [4.78, 5) is 10.8. The van der Waals surface area contributed by atoms with Crippen molar-refractivity contribution in [1.82, 2.24) is 0 Å². The molecule has 2 rings (SSSR count). The average Bonchev–Trinajstić information content (AvgIpc) is 2.41. The van der Waals surface area contributed by atoms with E-state index in [9.17, 15) is 9.18 Å². The van der Waals surface area contributed by atoms with Gasteiger partial charge in [-0.2, -0.15) is 0 Å². The fraction of sp³-hybridized carbons (Fsp3) is 0.133. The monoisotopic (exact) mass is 293 g/mol. The van der Waals surface area contributed by atoms with E-state index >= 15 is 0 Å². The molecule has 0 amide bonds. The van der Waals surface area contributed by atoms with Crippen molar-refractivity contribution in [2.75, 3.05) is 5.32 Å². The second-order valence-electron chi connectivity index (χ2n) is 4.44. The summed E-state index contributed by atoms with van der Waals surface area (Å²) < 4.78 is 13.3. The van der Waals surface area contributed by atoms with Crippen LogP contribution in [0.3, 0.4) is 0 Å². The van der Waals surface area contributed by atoms with Crippen LogP contribution in [-0.2, 0) is 6.54 Å². The van der Waals surface area contributed by atoms with Crippen molar-refractivity contribution in [3.63, 3.8) is 0 Å². The highest BCUT2D eigenvalue weighted by Crippen LogP contribution is 2.19. The predicted molar refractivity (Wildman–Crippen MR) is 76.9 cm³/mol. The lowest BCUT2D eigenvalue weighted by Crippen LogP contribution is -2.04. The van der Waals surface area contributed by atoms with Crippen LogP contribution in [0, 0.1) is 12.7 Å². The SMILES string of the molecule is Cc1ccc(CNc2ccc(F)c(C(=O)O)c2)cc1Cl. The van der Waals surface area contributed by atoms with Crippen molar-refractivity contribution < 1.29 is 14.3 Å². The quantitative estimate of drug-likeness (QED) is 0.892. The van der Waals surface area contributed by atoms with Crippen LogP contribution < -0.4 is 5.32 Å². The van der Waals surface area contributed by atoms with E-state index in [0.717, 1.165) is 17.2 Å². The van der Waals surface area contributed by atoms with E-state index in [2.05, 4.69) is 5.32 Å². The molecule has 0 aliphatic carbocycles. The van der Waals surface area contributed by atoms with E-state index in [1.807, 2.05) is 25.1 Å². The third kappa shape index (κ3) is 3.27. The molecule has 3 nitrogen and oxygen atoms in total. The van der Waals surface area contributed by atoms with Crippen LogP contribution >= 0.6 is 11.6 Å². The zero-order chi connectivity index (χ0) is 14.7. The van der Waals surface area contributed by atoms with Crippen LogP contribution in [0.4, 0.5) is 10.1 Å². The molecule has 0 atom stereocenters. The van der Waals surface area contributed by atoms with Gasteiger partial charge in [-0.3, -0.25) is 0 Å². The Hall–Kier alpha value is -2.07. The number of halogens is 2. The molecular weight excluding hydrogens is 281 g/mol. The van der Waals surface area contributed by atoms with E-state index < -0.39 is 11.8 Å². The maximum atomic E-state index is 13.3. The van der Waals surface area contributed by atoms with Gasteiger partial charge in [0.05, 0.1) is 5.56 Å². The summed E-state index contributed by atoms with van der Waals surface area (Å²) in [5.41, 5.74) is 2.14. The van der Waals surface area contributed by atoms with Gasteiger partial charge in [-0.25, -0.2) is 9.18 Å². The molecule has 0 fully saturated rings. The number of rotatable bonds is 4. The summed E-state index contributed by atoms with van der Waals surface area (Å²) in [5, 5.41) is 12.6. The number of benzene rings is 2. The molecule has 20 heavy (non-hydrogen) atoms. The lowest BCUT2D eigenvalue weighted by Gasteiger charge is -2.09. The van der Waals surface area contributed by atoms with Crippen LogP contribution in [-0.4, -0.2) is 11.1 Å². The van der Waals surface area contributed by atoms with E-state index in [1.165, 1.54) is 12.1 Å². The molecule has 0 unspecified atom stereocenters. The summed E-state index contributed by atoms with van der Waals surface area (Å²) in [7, 11) is 0. The van der Waals surface area contributed by atoms with Gasteiger partial charge in [0.2, 0.25) is 0 Å². The molecule has 0 bridgehead atoms. The largest absolute Gasteiger partial charge is 0.478 e. The minimum Gasteiger partial charge on any atom is -0.478 e. The number of aryl methyl sites for hydroxylation is 1. The van der Waals surface area contributed by atoms with Crippen molar-refractivity contribution in [1.29, 1.82) is 0 Å². The predicted octanol–water partition coefficient (Wildman–Crippen LogP) is 4.10. The number of hydrogen-bond donors (Lipinski definition) is 2. The molecule has 0 aliphatic rings. The third-order valence-electron chi connectivity index (χ3n) is 2.93. The molecule has 2 N–H and O–H groups in total. The Kier molecular flexibility index (Phi) is 4.25. The Morgan fingerprint density at radius 3 is 2.70 bits per heavy atom. The van der Waals surface area contributed by atoms with E-state index in [4.69, 9.17) is 16.7 Å². The van der Waals surface area contributed by atoms with Crippen LogP contribution in [0.1, 0.15) is 21.5 Å². The summed E-state index contributed by atoms with van der Waals surface area (Å²) in [6, 6.07) is 9.58. The topological polar surface area (TPSA) is 49.3 Å². The standard InChI is InChI=1S/C15H13ClFNO2/c1-9-2-3-10(6-13(9)16)8-18-11-4-5-14(17)12(7-11)15(19)20/h2-7,18H,8H2,1H3,(H,19,20). The van der Waals surface area contributed by atoms with E-state index in [0.29, 0.717) is 17.3 Å². The number of hydrogen-bond acceptors (Lipinski definition) is 2. The molecule has 0 aromatic heterocycles. The number of anilines is 1. The lowest BCUT2D eigenvalue weighted by atomic mass is 10.1. The summed E-state index contributed by atoms with van der Waals surface area (Å²) >= 11 is 6.03. The van der Waals surface area contributed by atoms with Gasteiger partial charge in [0.15, 0.2) is 0 Å². The van der Waals surface area contributed by atoms with E-state index in [1.54, 1.807) is 0 Å². The second-order valence-corrected chi connectivity index (χ2v) is 4.84. The highest BCUT2D eigenvalue weighted by Gasteiger charge is 2.10. The minimum absolute atomic E-state index is 0.350. The number of nitrogens with one attached hydrogen (secondary N) is 1. The zero-order valence-corrected chi connectivity index (χ0v) is 11.5. The van der Waals surface area contributed by atoms with Gasteiger partial charge in [0, 0.05) is 17.3 Å². The van der Waals surface area contributed by atoms with Gasteiger partial charge in [0.1, 0.15) is 5.82 Å². The second kappa shape index (κ2) is 5.92. The molecular formula is C15H13ClFNO2. The van der Waals surface area contributed by atoms with Crippen molar-refractivity contribution in [3.05, 3.63) is 63.9 Å². The fourth-order valence-corrected chi connectivity index (χ4v) is 1.95. The number of aromatic carboxylic acids is 1. The molecule has 0 radical (unpaired) electrons. The van der Waals surface area contributed by atoms with Gasteiger partial charge >= 0.3 is 5.97 Å². The molecule has 104 valence electrons. The Labute approximate surface area is 121 Å². The smallest absolute Gasteiger partial charge is 0.338 e. The number of carboxylic acids is 1. The summed E-state index contributed by atoms with van der Waals surface area (Å²) in [6.07, 6.45) is 0. The highest BCUT2D eigenvalue weighted by atomic mass is 35.5. The normalized spacial score (nSPS) is 10.3. The van der Waals surface area contributed by atoms with Gasteiger partial charge < -0.3 is 10.4 Å². The molecule has 0 heterocycles. The first kappa shape index (κ1) is 14.3. The molecule has 0 spiro atoms. The fourth-order valence-electron chi connectivity index (χ4n) is 1.75. The Morgan fingerprint density at radius 2 is 2.05 bits per heavy atom. The van der Waals surface area contributed by atoms with Crippen LogP contribution in [0.2, 0.25) is 5.02 Å². The van der Waals surface area contributed by atoms with Crippen LogP contribution in [0.25, 0.3) is 0 Å². The first-order chi connectivity index (χ1) is 9.47. The lowest BCUT2D eigenvalue weighted by molar-refractivity contribution is 0.0692. The first-order valence-corrected chi connectivity index (χ1v) is 6.37. The maximum Gasteiger partial charge on any atom is 0.338 e. The zero-order valence-electron chi connectivity index (χ0n) is 10.8. The number of carbonyl (C=O) groups is 1. The third-order valence-corrected chi connectivity index (χ3v) is 3.34. The minimum atomic E-state index is -1.29. The summed E-state index contributed by atoms with van der Waals surface area (Å²) in [6.45, 7) is 2.39. The highest BCUT2D eigenvalue weighted by molar-refractivity contribution is 6.31. The average molecular weight is 294 g/mol. The Balaban J connectivity index is 2.12.